The second kappa shape index (κ2) is 11.1. The molecule has 228 valence electrons. The Balaban J connectivity index is 1.52. The molecule has 9 aromatic carbocycles. The first-order chi connectivity index (χ1) is 31.8. The van der Waals surface area contributed by atoms with Gasteiger partial charge in [0.15, 0.2) is 0 Å². The molecule has 1 aromatic heterocycles. The van der Waals surface area contributed by atoms with E-state index in [9.17, 15) is 5.48 Å². The highest BCUT2D eigenvalue weighted by atomic mass is 16.3. The Labute approximate surface area is 309 Å². The average molecular weight is 641 g/mol. The molecule has 1 heteroatoms. The maximum absolute atomic E-state index is 9.63. The summed E-state index contributed by atoms with van der Waals surface area (Å²) in [4.78, 5) is 0. The molecule has 0 atom stereocenters. The summed E-state index contributed by atoms with van der Waals surface area (Å²) in [6.07, 6.45) is 0. The summed E-state index contributed by atoms with van der Waals surface area (Å²) < 4.78 is 167. The Morgan fingerprint density at radius 3 is 1.69 bits per heavy atom. The van der Waals surface area contributed by atoms with Gasteiger partial charge in [0.2, 0.25) is 0 Å². The van der Waals surface area contributed by atoms with E-state index in [1.54, 1.807) is 12.1 Å². The van der Waals surface area contributed by atoms with Crippen LogP contribution in [0.5, 0.6) is 0 Å². The third-order valence-corrected chi connectivity index (χ3v) is 8.88. The Bertz CT molecular complexity index is 3770. The van der Waals surface area contributed by atoms with E-state index in [1.807, 2.05) is 42.5 Å². The van der Waals surface area contributed by atoms with E-state index in [2.05, 4.69) is 0 Å². The quantitative estimate of drug-likeness (QED) is 0.138. The van der Waals surface area contributed by atoms with Crippen molar-refractivity contribution in [3.8, 4) is 44.7 Å². The van der Waals surface area contributed by atoms with E-state index in [1.165, 1.54) is 18.2 Å². The maximum Gasteiger partial charge on any atom is 0.143 e. The van der Waals surface area contributed by atoms with Crippen molar-refractivity contribution in [3.05, 3.63) is 182 Å². The van der Waals surface area contributed by atoms with Crippen molar-refractivity contribution in [1.82, 2.24) is 0 Å². The van der Waals surface area contributed by atoms with Crippen LogP contribution in [-0.4, -0.2) is 0 Å². The summed E-state index contributed by atoms with van der Waals surface area (Å²) in [5, 5.41) is 1.89. The summed E-state index contributed by atoms with van der Waals surface area (Å²) in [5.74, 6) is 0.0621. The lowest BCUT2D eigenvalue weighted by atomic mass is 9.84. The SMILES string of the molecule is [2H]c1c([2H])c([2H])c(-c2ccc3oc(-c4cccc5c4ccc4ccccc45)c(-c4c5c([2H])c([2H])c([2H])c([2H])c5c(-c5c([2H])c([2H])c([2H])c([2H])c5[2H])c5c([2H])c([2H])c([2H])c([2H])c45)c3c2)c([2H])c1[2H]. The molecule has 0 radical (unpaired) electrons. The monoisotopic (exact) mass is 640 g/mol. The van der Waals surface area contributed by atoms with Crippen LogP contribution >= 0.6 is 0 Å². The summed E-state index contributed by atoms with van der Waals surface area (Å²) in [6, 6.07) is 8.71. The fourth-order valence-corrected chi connectivity index (χ4v) is 6.82. The van der Waals surface area contributed by atoms with Crippen molar-refractivity contribution >= 4 is 54.1 Å². The van der Waals surface area contributed by atoms with E-state index >= 15 is 0 Å². The molecule has 0 fully saturated rings. The first-order valence-electron chi connectivity index (χ1n) is 24.4. The van der Waals surface area contributed by atoms with Crippen molar-refractivity contribution in [1.29, 1.82) is 0 Å². The van der Waals surface area contributed by atoms with Crippen molar-refractivity contribution in [2.75, 3.05) is 0 Å². The molecule has 10 rings (SSSR count). The van der Waals surface area contributed by atoms with E-state index in [0.717, 1.165) is 16.2 Å². The predicted octanol–water partition coefficient (Wildman–Crippen LogP) is 13.7. The fraction of sp³-hybridized carbons (Fsp3) is 0. The van der Waals surface area contributed by atoms with Crippen LogP contribution in [-0.2, 0) is 0 Å². The lowest BCUT2D eigenvalue weighted by Crippen LogP contribution is -1.92. The summed E-state index contributed by atoms with van der Waals surface area (Å²) in [6.45, 7) is 0. The molecule has 1 heterocycles. The Morgan fingerprint density at radius 1 is 0.367 bits per heavy atom. The van der Waals surface area contributed by atoms with Gasteiger partial charge in [-0.25, -0.2) is 0 Å². The third kappa shape index (κ3) is 4.33. The summed E-state index contributed by atoms with van der Waals surface area (Å²) in [5.41, 5.74) is -0.649. The van der Waals surface area contributed by atoms with Crippen LogP contribution in [0.3, 0.4) is 0 Å². The van der Waals surface area contributed by atoms with Gasteiger partial charge in [-0.3, -0.25) is 0 Å². The number of benzene rings is 9. The van der Waals surface area contributed by atoms with Crippen LogP contribution in [0.25, 0.3) is 98.8 Å². The molecule has 0 unspecified atom stereocenters. The zero-order valence-corrected chi connectivity index (χ0v) is 25.3. The molecule has 0 aliphatic carbocycles. The van der Waals surface area contributed by atoms with Gasteiger partial charge in [-0.05, 0) is 77.5 Å². The molecule has 0 aliphatic heterocycles. The van der Waals surface area contributed by atoms with Crippen LogP contribution in [0.1, 0.15) is 24.7 Å². The van der Waals surface area contributed by atoms with Crippen molar-refractivity contribution in [2.24, 2.45) is 0 Å². The fourth-order valence-electron chi connectivity index (χ4n) is 6.82. The van der Waals surface area contributed by atoms with Gasteiger partial charge in [0.05, 0.1) is 24.7 Å². The molecule has 1 nitrogen and oxygen atoms in total. The standard InChI is InChI=1S/C48H30O/c1-3-14-31(15-4-1)34-27-29-44-43(30-34)47(48(49-44)42-25-13-24-36-35-19-8-7-16-32(35)26-28-37(36)42)46-40-22-11-9-20-38(40)45(33-17-5-2-6-18-33)39-21-10-12-23-41(39)46/h1-30H/i1D,2D,3D,4D,5D,6D,9D,10D,11D,12D,14D,15D,17D,18D,20D,21D,22D,23D. The Hall–Kier alpha value is -6.44. The highest BCUT2D eigenvalue weighted by Crippen LogP contribution is 2.51. The molecular formula is C48H30O. The zero-order valence-electron chi connectivity index (χ0n) is 43.3. The highest BCUT2D eigenvalue weighted by molar-refractivity contribution is 6.26. The van der Waals surface area contributed by atoms with Gasteiger partial charge in [0.1, 0.15) is 11.3 Å². The van der Waals surface area contributed by atoms with Crippen LogP contribution < -0.4 is 0 Å². The molecular weight excluding hydrogens is 593 g/mol. The predicted molar refractivity (Wildman–Crippen MR) is 208 cm³/mol. The average Bonchev–Trinajstić information content (AvgIpc) is 3.71. The normalized spacial score (nSPS) is 16.8. The molecule has 49 heavy (non-hydrogen) atoms. The van der Waals surface area contributed by atoms with Crippen molar-refractivity contribution in [3.63, 3.8) is 0 Å². The van der Waals surface area contributed by atoms with Gasteiger partial charge in [0, 0.05) is 22.1 Å². The van der Waals surface area contributed by atoms with Crippen molar-refractivity contribution in [2.45, 2.75) is 0 Å². The minimum Gasteiger partial charge on any atom is -0.455 e. The lowest BCUT2D eigenvalue weighted by Gasteiger charge is -2.18. The third-order valence-electron chi connectivity index (χ3n) is 8.88. The minimum atomic E-state index is -0.796. The maximum atomic E-state index is 9.63. The molecule has 0 saturated carbocycles. The van der Waals surface area contributed by atoms with Gasteiger partial charge in [0.25, 0.3) is 0 Å². The molecule has 0 spiro atoms. The summed E-state index contributed by atoms with van der Waals surface area (Å²) in [7, 11) is 0. The van der Waals surface area contributed by atoms with E-state index < -0.39 is 131 Å². The number of hydrogen-bond donors (Lipinski definition) is 0. The van der Waals surface area contributed by atoms with E-state index in [-0.39, 0.29) is 49.8 Å². The molecule has 0 bridgehead atoms. The second-order valence-corrected chi connectivity index (χ2v) is 11.5. The minimum absolute atomic E-state index is 0.0301. The van der Waals surface area contributed by atoms with Gasteiger partial charge in [-0.15, -0.1) is 0 Å². The van der Waals surface area contributed by atoms with Crippen LogP contribution in [0, 0.1) is 0 Å². The lowest BCUT2D eigenvalue weighted by molar-refractivity contribution is 0.633. The van der Waals surface area contributed by atoms with Crippen LogP contribution in [0.2, 0.25) is 0 Å². The molecule has 0 amide bonds. The topological polar surface area (TPSA) is 13.1 Å². The van der Waals surface area contributed by atoms with Crippen LogP contribution in [0.4, 0.5) is 0 Å². The van der Waals surface area contributed by atoms with E-state index in [0.29, 0.717) is 10.9 Å². The first kappa shape index (κ1) is 15.2. The molecule has 0 N–H and O–H groups in total. The highest BCUT2D eigenvalue weighted by Gasteiger charge is 2.25. The number of rotatable bonds is 4. The van der Waals surface area contributed by atoms with Gasteiger partial charge in [-0.1, -0.05) is 169 Å². The largest absolute Gasteiger partial charge is 0.455 e. The Kier molecular flexibility index (Phi) is 3.43. The van der Waals surface area contributed by atoms with Crippen molar-refractivity contribution < 1.29 is 29.1 Å². The molecule has 0 aliphatic rings. The first-order valence-corrected chi connectivity index (χ1v) is 15.4. The second-order valence-electron chi connectivity index (χ2n) is 11.5. The van der Waals surface area contributed by atoms with Gasteiger partial charge in [-0.2, -0.15) is 0 Å². The molecule has 10 aromatic rings. The smallest absolute Gasteiger partial charge is 0.143 e. The number of furan rings is 1. The number of fused-ring (bicyclic) bond motifs is 6. The summed E-state index contributed by atoms with van der Waals surface area (Å²) >= 11 is 0. The molecule has 0 saturated heterocycles. The number of hydrogen-bond acceptors (Lipinski definition) is 1. The zero-order chi connectivity index (χ0) is 48.0. The van der Waals surface area contributed by atoms with Gasteiger partial charge >= 0.3 is 0 Å². The van der Waals surface area contributed by atoms with E-state index in [4.69, 9.17) is 23.6 Å². The van der Waals surface area contributed by atoms with Crippen LogP contribution in [0.15, 0.2) is 186 Å². The van der Waals surface area contributed by atoms with Gasteiger partial charge < -0.3 is 4.42 Å². The Morgan fingerprint density at radius 2 is 0.980 bits per heavy atom.